The first-order valence-corrected chi connectivity index (χ1v) is 26.4. The molecule has 0 aliphatic heterocycles. The molecule has 0 aliphatic rings. The fourth-order valence-electron chi connectivity index (χ4n) is 7.04. The number of methoxy groups -OCH3 is 4. The summed E-state index contributed by atoms with van der Waals surface area (Å²) in [4.78, 5) is 0. The molecule has 0 saturated heterocycles. The molecule has 0 unspecified atom stereocenters. The van der Waals surface area contributed by atoms with Gasteiger partial charge in [-0.05, 0) is 164 Å². The van der Waals surface area contributed by atoms with Crippen LogP contribution < -0.4 is 42.3 Å². The van der Waals surface area contributed by atoms with Crippen LogP contribution in [0.5, 0.6) is 23.0 Å². The molecule has 0 fully saturated rings. The van der Waals surface area contributed by atoms with Crippen LogP contribution in [0.2, 0.25) is 0 Å². The Kier molecular flexibility index (Phi) is 33.6. The summed E-state index contributed by atoms with van der Waals surface area (Å²) in [5.41, 5.74) is -4.42. The standard InChI is InChI=1S/C14H11BF4O3.C14H9F5O.C14H9F4IO.C7H6BF3O2.C7H6BrFO.C3H7.ClH.Mg/c1-22-13-6-10(12(16)7-11(13)15(20)21)8-3-2-4-9(5-8)14(17,18)19;1-20-11-2-3-13(16)12(7-11)8-4-9(14(17,18)19)6-10(15)5-8;1-20-13-6-10(11(15)7-12(13)19)8-3-2-4-9(5-8)14(16,17)18;9-7(10,11)5-2-1-3-6(4-5)8(12)13;1-10-5-2-3-7(9)6(8)4-5;1-3-2;;/h2-7,20-21H,1H3;2*2-7H,1H3;1-4,12-13H;2-4H,1H3;3H,1-2H3;1H;/q;;;;;-1;;+2/p-1. The van der Waals surface area contributed by atoms with E-state index >= 15 is 0 Å². The average molecular weight is 1500 g/mol. The van der Waals surface area contributed by atoms with Crippen molar-refractivity contribution in [3.05, 3.63) is 217 Å². The van der Waals surface area contributed by atoms with Crippen LogP contribution in [0.25, 0.3) is 33.4 Å². The van der Waals surface area contributed by atoms with E-state index in [2.05, 4.69) is 15.9 Å². The Balaban J connectivity index is 0.000000565. The Morgan fingerprint density at radius 3 is 1.24 bits per heavy atom. The molecule has 480 valence electrons. The first-order valence-electron chi connectivity index (χ1n) is 24.5. The summed E-state index contributed by atoms with van der Waals surface area (Å²) < 4.78 is 238. The van der Waals surface area contributed by atoms with Crippen LogP contribution in [0.15, 0.2) is 156 Å². The van der Waals surface area contributed by atoms with Gasteiger partial charge >= 0.3 is 62.0 Å². The van der Waals surface area contributed by atoms with Gasteiger partial charge in [0.1, 0.15) is 52.1 Å². The third-order valence-corrected chi connectivity index (χ3v) is 12.6. The zero-order valence-electron chi connectivity index (χ0n) is 47.4. The third kappa shape index (κ3) is 25.2. The van der Waals surface area contributed by atoms with Crippen molar-refractivity contribution in [3.63, 3.8) is 0 Å². The van der Waals surface area contributed by atoms with Gasteiger partial charge in [-0.25, -0.2) is 22.0 Å². The Labute approximate surface area is 550 Å². The molecule has 8 aromatic rings. The van der Waals surface area contributed by atoms with E-state index in [1.807, 2.05) is 42.9 Å². The monoisotopic (exact) mass is 1490 g/mol. The molecule has 0 atom stereocenters. The first-order chi connectivity index (χ1) is 40.9. The van der Waals surface area contributed by atoms with Gasteiger partial charge in [0, 0.05) is 22.2 Å². The second-order valence-electron chi connectivity index (χ2n) is 17.5. The van der Waals surface area contributed by atoms with Crippen molar-refractivity contribution in [2.45, 2.75) is 38.6 Å². The molecule has 0 amide bonds. The Morgan fingerprint density at radius 1 is 0.422 bits per heavy atom. The van der Waals surface area contributed by atoms with Crippen molar-refractivity contribution < 1.29 is 126 Å². The smallest absolute Gasteiger partial charge is 1.00 e. The van der Waals surface area contributed by atoms with Crippen LogP contribution in [0.1, 0.15) is 36.1 Å². The second-order valence-corrected chi connectivity index (χ2v) is 19.5. The topological polar surface area (TPSA) is 118 Å². The first kappa shape index (κ1) is 82.0. The SMILES string of the molecule is COc1cc(-c2cccc(C(F)(F)F)c2)c(F)cc1B(O)O.COc1cc(-c2cccc(C(F)(F)F)c2)c(F)cc1I.COc1ccc(F)c(-c2cc(F)cc(C(F)(F)F)c2)c1.COc1ccc(F)c(Br)c1.C[CH-]C.OB(O)c1cccc(C(F)(F)F)c1.[Cl-].[Mg+2]. The zero-order chi connectivity index (χ0) is 66.6. The van der Waals surface area contributed by atoms with Gasteiger partial charge in [0.2, 0.25) is 0 Å². The molecule has 8 nitrogen and oxygen atoms in total. The predicted molar refractivity (Wildman–Crippen MR) is 316 cm³/mol. The van der Waals surface area contributed by atoms with Crippen molar-refractivity contribution in [3.8, 4) is 56.4 Å². The van der Waals surface area contributed by atoms with Crippen LogP contribution in [-0.2, 0) is 24.7 Å². The van der Waals surface area contributed by atoms with Gasteiger partial charge in [0.25, 0.3) is 0 Å². The van der Waals surface area contributed by atoms with E-state index < -0.39 is 84.5 Å². The molecule has 0 aliphatic carbocycles. The Hall–Kier alpha value is -5.99. The maximum absolute atomic E-state index is 14.1. The zero-order valence-corrected chi connectivity index (χ0v) is 53.3. The number of benzene rings is 8. The third-order valence-electron chi connectivity index (χ3n) is 11.2. The number of halogens is 20. The quantitative estimate of drug-likeness (QED) is 0.0489. The Morgan fingerprint density at radius 2 is 0.822 bits per heavy atom. The molecule has 0 heterocycles. The summed E-state index contributed by atoms with van der Waals surface area (Å²) in [5.74, 6) is -2.31. The molecule has 0 radical (unpaired) electrons. The van der Waals surface area contributed by atoms with Crippen molar-refractivity contribution in [1.82, 2.24) is 0 Å². The second kappa shape index (κ2) is 36.9. The van der Waals surface area contributed by atoms with E-state index in [4.69, 9.17) is 39.0 Å². The summed E-state index contributed by atoms with van der Waals surface area (Å²) in [6, 6.07) is 27.2. The van der Waals surface area contributed by atoms with Gasteiger partial charge in [-0.15, -0.1) is 0 Å². The van der Waals surface area contributed by atoms with Gasteiger partial charge in [-0.3, -0.25) is 0 Å². The molecule has 31 heteroatoms. The maximum atomic E-state index is 14.1. The predicted octanol–water partition coefficient (Wildman–Crippen LogP) is 12.8. The summed E-state index contributed by atoms with van der Waals surface area (Å²) in [7, 11) is 1.70. The fourth-order valence-corrected chi connectivity index (χ4v) is 8.05. The Bertz CT molecular complexity index is 3570. The fraction of sp³-hybridized carbons (Fsp3) is 0.169. The van der Waals surface area contributed by atoms with Gasteiger partial charge in [-0.1, -0.05) is 48.5 Å². The van der Waals surface area contributed by atoms with Crippen molar-refractivity contribution >= 4 is 86.7 Å². The number of rotatable bonds is 9. The maximum Gasteiger partial charge on any atom is 2.00 e. The van der Waals surface area contributed by atoms with E-state index in [0.717, 1.165) is 60.7 Å². The van der Waals surface area contributed by atoms with Crippen LogP contribution in [0.3, 0.4) is 0 Å². The molecule has 4 N–H and O–H groups in total. The minimum Gasteiger partial charge on any atom is -1.00 e. The van der Waals surface area contributed by atoms with Crippen LogP contribution in [0.4, 0.5) is 74.6 Å². The number of hydrogen-bond acceptors (Lipinski definition) is 8. The van der Waals surface area contributed by atoms with E-state index in [-0.39, 0.29) is 97.1 Å². The molecule has 8 rings (SSSR count). The summed E-state index contributed by atoms with van der Waals surface area (Å²) in [6.45, 7) is 4.00. The molecular weight excluding hydrogens is 1450 g/mol. The number of alkyl halides is 12. The van der Waals surface area contributed by atoms with Gasteiger partial charge in [0.05, 0.1) is 58.7 Å². The van der Waals surface area contributed by atoms with Gasteiger partial charge < -0.3 is 57.9 Å². The molecule has 0 bridgehead atoms. The molecular formula is C59H48B2BrClF17IMgO8. The molecule has 0 saturated carbocycles. The van der Waals surface area contributed by atoms with Crippen molar-refractivity contribution in [2.24, 2.45) is 0 Å². The van der Waals surface area contributed by atoms with E-state index in [1.54, 1.807) is 19.2 Å². The van der Waals surface area contributed by atoms with E-state index in [9.17, 15) is 74.6 Å². The van der Waals surface area contributed by atoms with Crippen molar-refractivity contribution in [2.75, 3.05) is 28.4 Å². The van der Waals surface area contributed by atoms with E-state index in [0.29, 0.717) is 37.7 Å². The summed E-state index contributed by atoms with van der Waals surface area (Å²) in [6.07, 6.45) is -16.2. The van der Waals surface area contributed by atoms with Crippen LogP contribution >= 0.6 is 38.5 Å². The minimum atomic E-state index is -4.70. The van der Waals surface area contributed by atoms with Gasteiger partial charge in [-0.2, -0.15) is 66.5 Å². The molecule has 0 aromatic heterocycles. The van der Waals surface area contributed by atoms with Crippen LogP contribution in [-0.4, -0.2) is 85.8 Å². The summed E-state index contributed by atoms with van der Waals surface area (Å²) in [5, 5.41) is 35.5. The van der Waals surface area contributed by atoms with Gasteiger partial charge in [0.15, 0.2) is 0 Å². The number of ether oxygens (including phenoxy) is 4. The average Bonchev–Trinajstić information content (AvgIpc) is 1.28. The molecule has 90 heavy (non-hydrogen) atoms. The molecule has 0 spiro atoms. The normalized spacial score (nSPS) is 10.8. The number of hydrogen-bond donors (Lipinski definition) is 4. The van der Waals surface area contributed by atoms with Crippen molar-refractivity contribution in [1.29, 1.82) is 0 Å². The summed E-state index contributed by atoms with van der Waals surface area (Å²) >= 11 is 4.93. The van der Waals surface area contributed by atoms with Crippen LogP contribution in [0, 0.1) is 39.1 Å². The van der Waals surface area contributed by atoms with E-state index in [1.165, 1.54) is 82.0 Å². The minimum absolute atomic E-state index is 0. The largest absolute Gasteiger partial charge is 2.00 e. The molecule has 8 aromatic carbocycles.